The van der Waals surface area contributed by atoms with E-state index in [0.717, 1.165) is 35.4 Å². The van der Waals surface area contributed by atoms with Crippen molar-refractivity contribution in [2.24, 2.45) is 0 Å². The van der Waals surface area contributed by atoms with Gasteiger partial charge in [0.05, 0.1) is 11.7 Å². The van der Waals surface area contributed by atoms with Crippen LogP contribution in [0.5, 0.6) is 0 Å². The Morgan fingerprint density at radius 1 is 1.04 bits per heavy atom. The summed E-state index contributed by atoms with van der Waals surface area (Å²) in [5, 5.41) is 4.71. The molecule has 0 spiro atoms. The molecule has 2 rings (SSSR count). The zero-order valence-corrected chi connectivity index (χ0v) is 14.8. The van der Waals surface area contributed by atoms with Crippen LogP contribution in [0.25, 0.3) is 0 Å². The van der Waals surface area contributed by atoms with Gasteiger partial charge in [-0.25, -0.2) is 0 Å². The summed E-state index contributed by atoms with van der Waals surface area (Å²) in [6.45, 7) is 1.97. The standard InChI is InChI=1S/C19H19F3N2O3/c1-12-5-3-4-6-15(12)16(27-2)11-23-17(25)18(26)24-14-9-7-13(8-10-14)19(20,21)22/h3-10,16H,11H2,1-2H3,(H,23,25)(H,24,26)/t16-/m1/s1. The average molecular weight is 380 g/mol. The zero-order chi connectivity index (χ0) is 20.0. The summed E-state index contributed by atoms with van der Waals surface area (Å²) in [4.78, 5) is 23.9. The average Bonchev–Trinajstić information content (AvgIpc) is 2.63. The first-order valence-electron chi connectivity index (χ1n) is 8.07. The minimum atomic E-state index is -4.47. The first-order valence-corrected chi connectivity index (χ1v) is 8.07. The largest absolute Gasteiger partial charge is 0.416 e. The molecule has 2 aromatic carbocycles. The minimum Gasteiger partial charge on any atom is -0.375 e. The van der Waals surface area contributed by atoms with E-state index in [2.05, 4.69) is 10.6 Å². The van der Waals surface area contributed by atoms with Crippen molar-refractivity contribution in [1.29, 1.82) is 0 Å². The molecule has 0 heterocycles. The highest BCUT2D eigenvalue weighted by Crippen LogP contribution is 2.29. The Morgan fingerprint density at radius 2 is 1.67 bits per heavy atom. The first kappa shape index (κ1) is 20.4. The molecule has 2 aromatic rings. The van der Waals surface area contributed by atoms with E-state index in [-0.39, 0.29) is 12.2 Å². The summed E-state index contributed by atoms with van der Waals surface area (Å²) in [6.07, 6.45) is -4.90. The molecule has 0 aliphatic heterocycles. The van der Waals surface area contributed by atoms with Crippen molar-refractivity contribution >= 4 is 17.5 Å². The van der Waals surface area contributed by atoms with E-state index in [1.54, 1.807) is 0 Å². The van der Waals surface area contributed by atoms with Gasteiger partial charge in [0.1, 0.15) is 0 Å². The van der Waals surface area contributed by atoms with Crippen LogP contribution >= 0.6 is 0 Å². The Balaban J connectivity index is 1.93. The molecule has 0 aliphatic carbocycles. The van der Waals surface area contributed by atoms with Crippen LogP contribution in [0.15, 0.2) is 48.5 Å². The molecule has 0 fully saturated rings. The van der Waals surface area contributed by atoms with Crippen LogP contribution in [0.3, 0.4) is 0 Å². The molecular weight excluding hydrogens is 361 g/mol. The number of benzene rings is 2. The summed E-state index contributed by atoms with van der Waals surface area (Å²) in [6, 6.07) is 11.3. The van der Waals surface area contributed by atoms with E-state index in [4.69, 9.17) is 4.74 Å². The number of carbonyl (C=O) groups is 2. The Hall–Kier alpha value is -2.87. The number of nitrogens with one attached hydrogen (secondary N) is 2. The fourth-order valence-electron chi connectivity index (χ4n) is 2.46. The highest BCUT2D eigenvalue weighted by Gasteiger charge is 2.30. The van der Waals surface area contributed by atoms with Crippen LogP contribution in [-0.2, 0) is 20.5 Å². The molecule has 0 aromatic heterocycles. The lowest BCUT2D eigenvalue weighted by molar-refractivity contribution is -0.137. The van der Waals surface area contributed by atoms with Crippen molar-refractivity contribution in [2.45, 2.75) is 19.2 Å². The Kier molecular flexibility index (Phi) is 6.57. The van der Waals surface area contributed by atoms with Crippen molar-refractivity contribution < 1.29 is 27.5 Å². The summed E-state index contributed by atoms with van der Waals surface area (Å²) in [7, 11) is 1.49. The fraction of sp³-hybridized carbons (Fsp3) is 0.263. The zero-order valence-electron chi connectivity index (χ0n) is 14.8. The van der Waals surface area contributed by atoms with Crippen LogP contribution in [0.4, 0.5) is 18.9 Å². The van der Waals surface area contributed by atoms with E-state index < -0.39 is 29.7 Å². The van der Waals surface area contributed by atoms with Crippen LogP contribution < -0.4 is 10.6 Å². The van der Waals surface area contributed by atoms with Gasteiger partial charge in [-0.3, -0.25) is 9.59 Å². The van der Waals surface area contributed by atoms with Gasteiger partial charge in [-0.1, -0.05) is 24.3 Å². The number of anilines is 1. The number of rotatable bonds is 5. The first-order chi connectivity index (χ1) is 12.7. The highest BCUT2D eigenvalue weighted by atomic mass is 19.4. The summed E-state index contributed by atoms with van der Waals surface area (Å²) in [5.41, 5.74) is 1.10. The van der Waals surface area contributed by atoms with Gasteiger partial charge in [-0.05, 0) is 42.3 Å². The molecular formula is C19H19F3N2O3. The monoisotopic (exact) mass is 380 g/mol. The number of methoxy groups -OCH3 is 1. The van der Waals surface area contributed by atoms with Gasteiger partial charge in [0.25, 0.3) is 0 Å². The second-order valence-corrected chi connectivity index (χ2v) is 5.82. The SMILES string of the molecule is CO[C@H](CNC(=O)C(=O)Nc1ccc(C(F)(F)F)cc1)c1ccccc1C. The second kappa shape index (κ2) is 8.68. The van der Waals surface area contributed by atoms with Crippen molar-refractivity contribution in [3.63, 3.8) is 0 Å². The molecule has 1 atom stereocenters. The van der Waals surface area contributed by atoms with Crippen molar-refractivity contribution in [1.82, 2.24) is 5.32 Å². The molecule has 0 saturated carbocycles. The van der Waals surface area contributed by atoms with Crippen molar-refractivity contribution in [2.75, 3.05) is 19.0 Å². The third-order valence-electron chi connectivity index (χ3n) is 3.94. The topological polar surface area (TPSA) is 67.4 Å². The Morgan fingerprint density at radius 3 is 2.22 bits per heavy atom. The van der Waals surface area contributed by atoms with E-state index in [9.17, 15) is 22.8 Å². The molecule has 0 bridgehead atoms. The molecule has 0 radical (unpaired) electrons. The molecule has 0 saturated heterocycles. The van der Waals surface area contributed by atoms with E-state index >= 15 is 0 Å². The lowest BCUT2D eigenvalue weighted by Crippen LogP contribution is -2.38. The van der Waals surface area contributed by atoms with Gasteiger partial charge in [0.2, 0.25) is 0 Å². The fourth-order valence-corrected chi connectivity index (χ4v) is 2.46. The van der Waals surface area contributed by atoms with Crippen molar-refractivity contribution in [3.8, 4) is 0 Å². The molecule has 27 heavy (non-hydrogen) atoms. The summed E-state index contributed by atoms with van der Waals surface area (Å²) < 4.78 is 42.9. The second-order valence-electron chi connectivity index (χ2n) is 5.82. The Bertz CT molecular complexity index is 805. The number of carbonyl (C=O) groups excluding carboxylic acids is 2. The van der Waals surface area contributed by atoms with E-state index in [1.165, 1.54) is 7.11 Å². The van der Waals surface area contributed by atoms with Gasteiger partial charge < -0.3 is 15.4 Å². The third kappa shape index (κ3) is 5.55. The third-order valence-corrected chi connectivity index (χ3v) is 3.94. The molecule has 0 unspecified atom stereocenters. The lowest BCUT2D eigenvalue weighted by atomic mass is 10.0. The van der Waals surface area contributed by atoms with Gasteiger partial charge in [0, 0.05) is 19.3 Å². The maximum Gasteiger partial charge on any atom is 0.416 e. The quantitative estimate of drug-likeness (QED) is 0.781. The summed E-state index contributed by atoms with van der Waals surface area (Å²) in [5.74, 6) is -1.89. The molecule has 2 amide bonds. The van der Waals surface area contributed by atoms with Crippen LogP contribution in [0.1, 0.15) is 22.8 Å². The number of aryl methyl sites for hydroxylation is 1. The van der Waals surface area contributed by atoms with Crippen molar-refractivity contribution in [3.05, 3.63) is 65.2 Å². The van der Waals surface area contributed by atoms with Crippen LogP contribution in [0, 0.1) is 6.92 Å². The number of hydrogen-bond acceptors (Lipinski definition) is 3. The van der Waals surface area contributed by atoms with Gasteiger partial charge in [0.15, 0.2) is 0 Å². The smallest absolute Gasteiger partial charge is 0.375 e. The van der Waals surface area contributed by atoms with Gasteiger partial charge >= 0.3 is 18.0 Å². The molecule has 144 valence electrons. The van der Waals surface area contributed by atoms with E-state index in [1.807, 2.05) is 31.2 Å². The van der Waals surface area contributed by atoms with Crippen LogP contribution in [0.2, 0.25) is 0 Å². The van der Waals surface area contributed by atoms with E-state index in [0.29, 0.717) is 0 Å². The van der Waals surface area contributed by atoms with Crippen LogP contribution in [-0.4, -0.2) is 25.5 Å². The normalized spacial score (nSPS) is 12.3. The minimum absolute atomic E-state index is 0.0701. The maximum atomic E-state index is 12.5. The number of alkyl halides is 3. The van der Waals surface area contributed by atoms with Gasteiger partial charge in [-0.15, -0.1) is 0 Å². The van der Waals surface area contributed by atoms with Gasteiger partial charge in [-0.2, -0.15) is 13.2 Å². The predicted octanol–water partition coefficient (Wildman–Crippen LogP) is 3.46. The number of halogens is 3. The molecule has 0 aliphatic rings. The molecule has 5 nitrogen and oxygen atoms in total. The number of hydrogen-bond donors (Lipinski definition) is 2. The molecule has 8 heteroatoms. The Labute approximate surface area is 154 Å². The molecule has 2 N–H and O–H groups in total. The summed E-state index contributed by atoms with van der Waals surface area (Å²) >= 11 is 0. The predicted molar refractivity (Wildman–Crippen MR) is 94.0 cm³/mol. The lowest BCUT2D eigenvalue weighted by Gasteiger charge is -2.18. The maximum absolute atomic E-state index is 12.5. The number of ether oxygens (including phenoxy) is 1. The number of amides is 2. The highest BCUT2D eigenvalue weighted by molar-refractivity contribution is 6.39.